The molecule has 4 aromatic rings. The van der Waals surface area contributed by atoms with Crippen molar-refractivity contribution in [3.8, 4) is 11.3 Å². The Labute approximate surface area is 169 Å². The van der Waals surface area contributed by atoms with Gasteiger partial charge in [0, 0.05) is 36.4 Å². The van der Waals surface area contributed by atoms with Gasteiger partial charge in [0.25, 0.3) is 0 Å². The maximum Gasteiger partial charge on any atom is 0.229 e. The number of aromatic nitrogens is 4. The molecular weight excluding hydrogens is 423 g/mol. The van der Waals surface area contributed by atoms with Crippen LogP contribution in [0.2, 0.25) is 0 Å². The molecule has 4 rings (SSSR count). The summed E-state index contributed by atoms with van der Waals surface area (Å²) >= 11 is 3.43. The molecule has 0 amide bonds. The SMILES string of the molecule is Cn1ccc(-c2cccc(Nc3ncc(Br)c(Nc4ccc(F)cc4)n3)c2)n1. The Bertz CT molecular complexity index is 1110. The van der Waals surface area contributed by atoms with Crippen LogP contribution in [0.5, 0.6) is 0 Å². The van der Waals surface area contributed by atoms with Gasteiger partial charge in [-0.1, -0.05) is 12.1 Å². The van der Waals surface area contributed by atoms with Crippen LogP contribution >= 0.6 is 15.9 Å². The third kappa shape index (κ3) is 4.17. The van der Waals surface area contributed by atoms with Crippen molar-refractivity contribution >= 4 is 39.1 Å². The highest BCUT2D eigenvalue weighted by atomic mass is 79.9. The fraction of sp³-hybridized carbons (Fsp3) is 0.0500. The van der Waals surface area contributed by atoms with Gasteiger partial charge in [-0.25, -0.2) is 9.37 Å². The Hall–Kier alpha value is -3.26. The number of rotatable bonds is 5. The van der Waals surface area contributed by atoms with Gasteiger partial charge in [0.15, 0.2) is 0 Å². The topological polar surface area (TPSA) is 67.7 Å². The molecule has 0 saturated heterocycles. The fourth-order valence-electron chi connectivity index (χ4n) is 2.64. The van der Waals surface area contributed by atoms with Crippen molar-refractivity contribution < 1.29 is 4.39 Å². The van der Waals surface area contributed by atoms with Gasteiger partial charge >= 0.3 is 0 Å². The molecule has 140 valence electrons. The molecular formula is C20H16BrFN6. The second-order valence-electron chi connectivity index (χ2n) is 6.10. The van der Waals surface area contributed by atoms with Gasteiger partial charge in [-0.2, -0.15) is 10.1 Å². The number of anilines is 4. The molecule has 6 nitrogen and oxygen atoms in total. The van der Waals surface area contributed by atoms with E-state index < -0.39 is 0 Å². The molecule has 2 heterocycles. The van der Waals surface area contributed by atoms with Crippen molar-refractivity contribution in [3.05, 3.63) is 77.3 Å². The number of benzene rings is 2. The largest absolute Gasteiger partial charge is 0.339 e. The zero-order chi connectivity index (χ0) is 19.5. The zero-order valence-electron chi connectivity index (χ0n) is 14.9. The van der Waals surface area contributed by atoms with E-state index in [-0.39, 0.29) is 5.82 Å². The Kier molecular flexibility index (Phi) is 5.03. The molecule has 0 aliphatic carbocycles. The van der Waals surface area contributed by atoms with E-state index in [1.54, 1.807) is 23.0 Å². The summed E-state index contributed by atoms with van der Waals surface area (Å²) in [5.74, 6) is 0.721. The minimum Gasteiger partial charge on any atom is -0.339 e. The smallest absolute Gasteiger partial charge is 0.229 e. The van der Waals surface area contributed by atoms with Crippen LogP contribution in [0.15, 0.2) is 71.5 Å². The number of nitrogens with zero attached hydrogens (tertiary/aromatic N) is 4. The van der Waals surface area contributed by atoms with Crippen LogP contribution in [0.25, 0.3) is 11.3 Å². The van der Waals surface area contributed by atoms with Crippen LogP contribution in [0.1, 0.15) is 0 Å². The number of nitrogens with one attached hydrogen (secondary N) is 2. The van der Waals surface area contributed by atoms with E-state index in [9.17, 15) is 4.39 Å². The fourth-order valence-corrected chi connectivity index (χ4v) is 2.93. The van der Waals surface area contributed by atoms with E-state index in [4.69, 9.17) is 0 Å². The molecule has 0 unspecified atom stereocenters. The average Bonchev–Trinajstić information content (AvgIpc) is 3.13. The minimum absolute atomic E-state index is 0.289. The minimum atomic E-state index is -0.289. The van der Waals surface area contributed by atoms with Gasteiger partial charge in [0.1, 0.15) is 11.6 Å². The van der Waals surface area contributed by atoms with Crippen molar-refractivity contribution in [1.82, 2.24) is 19.7 Å². The maximum absolute atomic E-state index is 13.1. The van der Waals surface area contributed by atoms with E-state index in [1.165, 1.54) is 12.1 Å². The molecule has 2 N–H and O–H groups in total. The Morgan fingerprint density at radius 1 is 1.00 bits per heavy atom. The van der Waals surface area contributed by atoms with E-state index in [0.717, 1.165) is 22.6 Å². The summed E-state index contributed by atoms with van der Waals surface area (Å²) in [5.41, 5.74) is 3.45. The van der Waals surface area contributed by atoms with Crippen molar-refractivity contribution in [1.29, 1.82) is 0 Å². The Morgan fingerprint density at radius 2 is 1.82 bits per heavy atom. The lowest BCUT2D eigenvalue weighted by Crippen LogP contribution is -2.01. The molecule has 8 heteroatoms. The average molecular weight is 439 g/mol. The molecule has 0 fully saturated rings. The van der Waals surface area contributed by atoms with Gasteiger partial charge in [-0.3, -0.25) is 4.68 Å². The first-order valence-corrected chi connectivity index (χ1v) is 9.28. The van der Waals surface area contributed by atoms with Gasteiger partial charge in [-0.15, -0.1) is 0 Å². The maximum atomic E-state index is 13.1. The molecule has 2 aromatic carbocycles. The number of hydrogen-bond donors (Lipinski definition) is 2. The zero-order valence-corrected chi connectivity index (χ0v) is 16.5. The molecule has 0 radical (unpaired) electrons. The summed E-state index contributed by atoms with van der Waals surface area (Å²) in [6.45, 7) is 0. The highest BCUT2D eigenvalue weighted by Crippen LogP contribution is 2.26. The van der Waals surface area contributed by atoms with Crippen LogP contribution < -0.4 is 10.6 Å². The van der Waals surface area contributed by atoms with Crippen molar-refractivity contribution in [2.24, 2.45) is 7.05 Å². The summed E-state index contributed by atoms with van der Waals surface area (Å²) in [6, 6.07) is 15.9. The standard InChI is InChI=1S/C20H16BrFN6/c1-28-10-9-18(27-28)13-3-2-4-16(11-13)25-20-23-12-17(21)19(26-20)24-15-7-5-14(22)6-8-15/h2-12H,1H3,(H2,23,24,25,26). The number of hydrogen-bond acceptors (Lipinski definition) is 5. The second-order valence-corrected chi connectivity index (χ2v) is 6.96. The van der Waals surface area contributed by atoms with E-state index in [0.29, 0.717) is 16.2 Å². The quantitative estimate of drug-likeness (QED) is 0.444. The van der Waals surface area contributed by atoms with Crippen LogP contribution in [0.4, 0.5) is 27.5 Å². The molecule has 0 aliphatic rings. The van der Waals surface area contributed by atoms with Gasteiger partial charge in [0.05, 0.1) is 10.2 Å². The third-order valence-corrected chi connectivity index (χ3v) is 4.56. The van der Waals surface area contributed by atoms with Gasteiger partial charge < -0.3 is 10.6 Å². The first kappa shape index (κ1) is 18.1. The normalized spacial score (nSPS) is 10.7. The van der Waals surface area contributed by atoms with Crippen LogP contribution in [0, 0.1) is 5.82 Å². The van der Waals surface area contributed by atoms with Crippen molar-refractivity contribution in [3.63, 3.8) is 0 Å². The molecule has 0 aliphatic heterocycles. The van der Waals surface area contributed by atoms with E-state index in [1.807, 2.05) is 43.6 Å². The first-order valence-electron chi connectivity index (χ1n) is 8.49. The van der Waals surface area contributed by atoms with Crippen LogP contribution in [0.3, 0.4) is 0 Å². The van der Waals surface area contributed by atoms with Crippen LogP contribution in [-0.2, 0) is 7.05 Å². The monoisotopic (exact) mass is 438 g/mol. The second kappa shape index (κ2) is 7.77. The lowest BCUT2D eigenvalue weighted by molar-refractivity contribution is 0.628. The summed E-state index contributed by atoms with van der Waals surface area (Å²) in [4.78, 5) is 8.81. The molecule has 0 spiro atoms. The van der Waals surface area contributed by atoms with Gasteiger partial charge in [0.2, 0.25) is 5.95 Å². The predicted octanol–water partition coefficient (Wildman–Crippen LogP) is 5.27. The Balaban J connectivity index is 1.56. The summed E-state index contributed by atoms with van der Waals surface area (Å²) in [7, 11) is 1.89. The molecule has 28 heavy (non-hydrogen) atoms. The lowest BCUT2D eigenvalue weighted by atomic mass is 10.1. The Morgan fingerprint density at radius 3 is 2.57 bits per heavy atom. The third-order valence-electron chi connectivity index (χ3n) is 3.98. The highest BCUT2D eigenvalue weighted by Gasteiger charge is 2.08. The summed E-state index contributed by atoms with van der Waals surface area (Å²) in [6.07, 6.45) is 3.56. The summed E-state index contributed by atoms with van der Waals surface area (Å²) < 4.78 is 15.6. The number of aryl methyl sites for hydroxylation is 1. The summed E-state index contributed by atoms with van der Waals surface area (Å²) in [5, 5.41) is 10.8. The van der Waals surface area contributed by atoms with E-state index in [2.05, 4.69) is 41.6 Å². The number of halogens is 2. The van der Waals surface area contributed by atoms with Crippen LogP contribution in [-0.4, -0.2) is 19.7 Å². The molecule has 0 saturated carbocycles. The van der Waals surface area contributed by atoms with Crippen molar-refractivity contribution in [2.75, 3.05) is 10.6 Å². The van der Waals surface area contributed by atoms with E-state index >= 15 is 0 Å². The first-order chi connectivity index (χ1) is 13.6. The molecule has 0 bridgehead atoms. The molecule has 0 atom stereocenters. The van der Waals surface area contributed by atoms with Gasteiger partial charge in [-0.05, 0) is 58.4 Å². The molecule has 2 aromatic heterocycles. The highest BCUT2D eigenvalue weighted by molar-refractivity contribution is 9.10. The predicted molar refractivity (Wildman–Crippen MR) is 111 cm³/mol. The lowest BCUT2D eigenvalue weighted by Gasteiger charge is -2.11. The van der Waals surface area contributed by atoms with Crippen molar-refractivity contribution in [2.45, 2.75) is 0 Å².